The number of anilines is 2. The maximum Gasteiger partial charge on any atom is 0.257 e. The van der Waals surface area contributed by atoms with Crippen molar-refractivity contribution in [1.29, 1.82) is 0 Å². The molecule has 0 aliphatic rings. The van der Waals surface area contributed by atoms with Gasteiger partial charge in [0.05, 0.1) is 24.0 Å². The number of carbonyl (C=O) groups is 1. The molecule has 0 aliphatic heterocycles. The highest BCUT2D eigenvalue weighted by atomic mass is 79.9. The molecule has 0 bridgehead atoms. The Labute approximate surface area is 130 Å². The molecule has 20 heavy (non-hydrogen) atoms. The summed E-state index contributed by atoms with van der Waals surface area (Å²) in [6.45, 7) is 0. The van der Waals surface area contributed by atoms with Crippen molar-refractivity contribution in [2.24, 2.45) is 0 Å². The van der Waals surface area contributed by atoms with Gasteiger partial charge in [0.15, 0.2) is 0 Å². The second-order valence-corrected chi connectivity index (χ2v) is 5.32. The van der Waals surface area contributed by atoms with E-state index < -0.39 is 0 Å². The van der Waals surface area contributed by atoms with E-state index in [2.05, 4.69) is 21.2 Å². The van der Waals surface area contributed by atoms with Crippen LogP contribution < -0.4 is 15.8 Å². The first-order valence-corrected chi connectivity index (χ1v) is 6.88. The highest BCUT2D eigenvalue weighted by molar-refractivity contribution is 9.10. The van der Waals surface area contributed by atoms with Gasteiger partial charge in [0.2, 0.25) is 0 Å². The lowest BCUT2D eigenvalue weighted by atomic mass is 10.2. The van der Waals surface area contributed by atoms with Gasteiger partial charge in [0.25, 0.3) is 5.91 Å². The van der Waals surface area contributed by atoms with E-state index in [1.54, 1.807) is 43.5 Å². The molecular formula is C14H12BrClN2O2. The van der Waals surface area contributed by atoms with Gasteiger partial charge < -0.3 is 15.8 Å². The molecule has 2 aromatic carbocycles. The SMILES string of the molecule is COc1ccc(Br)c(C(=O)Nc2ccc(Cl)cc2N)c1. The molecule has 4 nitrogen and oxygen atoms in total. The largest absolute Gasteiger partial charge is 0.497 e. The van der Waals surface area contributed by atoms with Crippen molar-refractivity contribution in [3.05, 3.63) is 51.5 Å². The number of amides is 1. The Morgan fingerprint density at radius 3 is 2.70 bits per heavy atom. The van der Waals surface area contributed by atoms with Gasteiger partial charge in [-0.25, -0.2) is 0 Å². The van der Waals surface area contributed by atoms with E-state index in [0.29, 0.717) is 32.2 Å². The highest BCUT2D eigenvalue weighted by Crippen LogP contribution is 2.26. The zero-order chi connectivity index (χ0) is 14.7. The number of hydrogen-bond donors (Lipinski definition) is 2. The lowest BCUT2D eigenvalue weighted by molar-refractivity contribution is 0.102. The second-order valence-electron chi connectivity index (χ2n) is 4.03. The van der Waals surface area contributed by atoms with Crippen LogP contribution >= 0.6 is 27.5 Å². The number of hydrogen-bond acceptors (Lipinski definition) is 3. The molecular weight excluding hydrogens is 344 g/mol. The quantitative estimate of drug-likeness (QED) is 0.820. The van der Waals surface area contributed by atoms with Crippen molar-refractivity contribution in [1.82, 2.24) is 0 Å². The van der Waals surface area contributed by atoms with Crippen molar-refractivity contribution >= 4 is 44.8 Å². The zero-order valence-electron chi connectivity index (χ0n) is 10.6. The van der Waals surface area contributed by atoms with Crippen molar-refractivity contribution in [2.45, 2.75) is 0 Å². The first kappa shape index (κ1) is 14.7. The van der Waals surface area contributed by atoms with E-state index in [1.165, 1.54) is 0 Å². The minimum absolute atomic E-state index is 0.287. The Kier molecular flexibility index (Phi) is 4.52. The Morgan fingerprint density at radius 1 is 1.30 bits per heavy atom. The van der Waals surface area contributed by atoms with Gasteiger partial charge in [-0.05, 0) is 52.3 Å². The van der Waals surface area contributed by atoms with E-state index in [9.17, 15) is 4.79 Å². The van der Waals surface area contributed by atoms with Gasteiger partial charge >= 0.3 is 0 Å². The number of nitrogens with two attached hydrogens (primary N) is 1. The number of nitrogen functional groups attached to an aromatic ring is 1. The molecule has 0 aromatic heterocycles. The molecule has 0 saturated heterocycles. The second kappa shape index (κ2) is 6.15. The predicted molar refractivity (Wildman–Crippen MR) is 84.5 cm³/mol. The molecule has 0 radical (unpaired) electrons. The minimum Gasteiger partial charge on any atom is -0.497 e. The first-order chi connectivity index (χ1) is 9.51. The number of nitrogens with one attached hydrogen (secondary N) is 1. The molecule has 0 unspecified atom stereocenters. The molecule has 1 amide bonds. The molecule has 0 fully saturated rings. The molecule has 0 atom stereocenters. The lowest BCUT2D eigenvalue weighted by Crippen LogP contribution is -2.14. The maximum absolute atomic E-state index is 12.3. The summed E-state index contributed by atoms with van der Waals surface area (Å²) in [5.41, 5.74) is 7.18. The van der Waals surface area contributed by atoms with Gasteiger partial charge in [0.1, 0.15) is 5.75 Å². The fraction of sp³-hybridized carbons (Fsp3) is 0.0714. The summed E-state index contributed by atoms with van der Waals surface area (Å²) >= 11 is 9.15. The van der Waals surface area contributed by atoms with Gasteiger partial charge in [-0.15, -0.1) is 0 Å². The normalized spacial score (nSPS) is 10.2. The van der Waals surface area contributed by atoms with E-state index in [4.69, 9.17) is 22.1 Å². The van der Waals surface area contributed by atoms with Gasteiger partial charge in [-0.2, -0.15) is 0 Å². The smallest absolute Gasteiger partial charge is 0.257 e. The molecule has 2 rings (SSSR count). The van der Waals surface area contributed by atoms with Gasteiger partial charge in [-0.1, -0.05) is 11.6 Å². The molecule has 104 valence electrons. The number of carbonyl (C=O) groups excluding carboxylic acids is 1. The number of ether oxygens (including phenoxy) is 1. The molecule has 2 aromatic rings. The van der Waals surface area contributed by atoms with E-state index in [1.807, 2.05) is 0 Å². The number of rotatable bonds is 3. The number of methoxy groups -OCH3 is 1. The number of halogens is 2. The molecule has 0 heterocycles. The lowest BCUT2D eigenvalue weighted by Gasteiger charge is -2.10. The summed E-state index contributed by atoms with van der Waals surface area (Å²) in [5, 5.41) is 3.25. The van der Waals surface area contributed by atoms with Gasteiger partial charge in [0, 0.05) is 9.50 Å². The third-order valence-electron chi connectivity index (χ3n) is 2.68. The standard InChI is InChI=1S/C14H12BrClN2O2/c1-20-9-3-4-11(15)10(7-9)14(19)18-13-5-2-8(16)6-12(13)17/h2-7H,17H2,1H3,(H,18,19). The van der Waals surface area contributed by atoms with Crippen LogP contribution in [0.2, 0.25) is 5.02 Å². The third kappa shape index (κ3) is 3.23. The molecule has 0 saturated carbocycles. The monoisotopic (exact) mass is 354 g/mol. The fourth-order valence-electron chi connectivity index (χ4n) is 1.64. The summed E-state index contributed by atoms with van der Waals surface area (Å²) < 4.78 is 5.78. The van der Waals surface area contributed by atoms with Crippen molar-refractivity contribution in [2.75, 3.05) is 18.2 Å². The van der Waals surface area contributed by atoms with E-state index >= 15 is 0 Å². The van der Waals surface area contributed by atoms with Crippen molar-refractivity contribution in [3.8, 4) is 5.75 Å². The molecule has 0 spiro atoms. The van der Waals surface area contributed by atoms with E-state index in [-0.39, 0.29) is 5.91 Å². The van der Waals surface area contributed by atoms with Crippen LogP contribution in [0.1, 0.15) is 10.4 Å². The Balaban J connectivity index is 2.28. The summed E-state index contributed by atoms with van der Waals surface area (Å²) in [7, 11) is 1.54. The Morgan fingerprint density at radius 2 is 2.05 bits per heavy atom. The topological polar surface area (TPSA) is 64.3 Å². The summed E-state index contributed by atoms with van der Waals surface area (Å²) in [5.74, 6) is 0.312. The van der Waals surface area contributed by atoms with Crippen LogP contribution in [0.25, 0.3) is 0 Å². The first-order valence-electron chi connectivity index (χ1n) is 5.71. The molecule has 0 aliphatic carbocycles. The summed E-state index contributed by atoms with van der Waals surface area (Å²) in [6.07, 6.45) is 0. The van der Waals surface area contributed by atoms with Gasteiger partial charge in [-0.3, -0.25) is 4.79 Å². The van der Waals surface area contributed by atoms with Crippen LogP contribution in [0.5, 0.6) is 5.75 Å². The van der Waals surface area contributed by atoms with Crippen LogP contribution in [0.15, 0.2) is 40.9 Å². The zero-order valence-corrected chi connectivity index (χ0v) is 13.0. The van der Waals surface area contributed by atoms with Crippen LogP contribution in [0.4, 0.5) is 11.4 Å². The maximum atomic E-state index is 12.3. The van der Waals surface area contributed by atoms with Crippen LogP contribution in [0.3, 0.4) is 0 Å². The van der Waals surface area contributed by atoms with Crippen LogP contribution in [0, 0.1) is 0 Å². The number of benzene rings is 2. The van der Waals surface area contributed by atoms with Crippen molar-refractivity contribution in [3.63, 3.8) is 0 Å². The average Bonchev–Trinajstić information content (AvgIpc) is 2.42. The van der Waals surface area contributed by atoms with Crippen LogP contribution in [-0.2, 0) is 0 Å². The Hall–Kier alpha value is -1.72. The summed E-state index contributed by atoms with van der Waals surface area (Å²) in [4.78, 5) is 12.3. The highest BCUT2D eigenvalue weighted by Gasteiger charge is 2.13. The average molecular weight is 356 g/mol. The third-order valence-corrected chi connectivity index (χ3v) is 3.61. The summed E-state index contributed by atoms with van der Waals surface area (Å²) in [6, 6.07) is 10.1. The molecule has 6 heteroatoms. The minimum atomic E-state index is -0.287. The fourth-order valence-corrected chi connectivity index (χ4v) is 2.25. The Bertz CT molecular complexity index is 662. The van der Waals surface area contributed by atoms with E-state index in [0.717, 1.165) is 0 Å². The van der Waals surface area contributed by atoms with Crippen LogP contribution in [-0.4, -0.2) is 13.0 Å². The van der Waals surface area contributed by atoms with Crippen molar-refractivity contribution < 1.29 is 9.53 Å². The predicted octanol–water partition coefficient (Wildman–Crippen LogP) is 3.95. The molecule has 3 N–H and O–H groups in total.